The quantitative estimate of drug-likeness (QED) is 0.533. The lowest BCUT2D eigenvalue weighted by molar-refractivity contribution is 0.0701. The number of carboxylic acids is 1. The highest BCUT2D eigenvalue weighted by molar-refractivity contribution is 7.17. The molecule has 1 aliphatic rings. The Kier molecular flexibility index (Phi) is 5.40. The van der Waals surface area contributed by atoms with Crippen molar-refractivity contribution in [2.75, 3.05) is 0 Å². The number of carboxylic acid groups (broad SMARTS) is 1. The van der Waals surface area contributed by atoms with Crippen LogP contribution in [0.4, 0.5) is 0 Å². The van der Waals surface area contributed by atoms with E-state index in [4.69, 9.17) is 0 Å². The summed E-state index contributed by atoms with van der Waals surface area (Å²) in [7, 11) is 0. The summed E-state index contributed by atoms with van der Waals surface area (Å²) in [6.07, 6.45) is 5.03. The summed E-state index contributed by atoms with van der Waals surface area (Å²) in [6.45, 7) is 5.10. The molecule has 1 fully saturated rings. The monoisotopic (exact) mass is 393 g/mol. The van der Waals surface area contributed by atoms with Gasteiger partial charge >= 0.3 is 5.97 Å². The maximum absolute atomic E-state index is 11.9. The molecule has 1 aliphatic carbocycles. The van der Waals surface area contributed by atoms with Gasteiger partial charge in [-0.1, -0.05) is 50.1 Å². The molecule has 4 heteroatoms. The first-order valence-corrected chi connectivity index (χ1v) is 10.9. The zero-order valence-electron chi connectivity index (χ0n) is 16.5. The summed E-state index contributed by atoms with van der Waals surface area (Å²) >= 11 is 1.38. The van der Waals surface area contributed by atoms with Crippen LogP contribution in [0.3, 0.4) is 0 Å². The minimum Gasteiger partial charge on any atom is -0.477 e. The van der Waals surface area contributed by atoms with Crippen molar-refractivity contribution in [3.05, 3.63) is 70.4 Å². The molecular formula is C24H27NO2S. The Morgan fingerprint density at radius 2 is 1.82 bits per heavy atom. The van der Waals surface area contributed by atoms with Gasteiger partial charge in [0.2, 0.25) is 0 Å². The average Bonchev–Trinajstić information content (AvgIpc) is 3.28. The van der Waals surface area contributed by atoms with Crippen LogP contribution in [0.1, 0.15) is 65.1 Å². The van der Waals surface area contributed by atoms with Crippen molar-refractivity contribution in [1.29, 1.82) is 0 Å². The predicted molar refractivity (Wildman–Crippen MR) is 115 cm³/mol. The number of aryl methyl sites for hydroxylation is 1. The van der Waals surface area contributed by atoms with E-state index in [0.29, 0.717) is 17.3 Å². The van der Waals surface area contributed by atoms with Crippen LogP contribution in [0.5, 0.6) is 0 Å². The molecule has 2 heterocycles. The Morgan fingerprint density at radius 1 is 1.11 bits per heavy atom. The highest BCUT2D eigenvalue weighted by Crippen LogP contribution is 2.37. The van der Waals surface area contributed by atoms with Gasteiger partial charge < -0.3 is 9.67 Å². The summed E-state index contributed by atoms with van der Waals surface area (Å²) in [5.74, 6) is 0.579. The number of hydrogen-bond donors (Lipinski definition) is 1. The molecule has 4 rings (SSSR count). The Labute approximate surface area is 170 Å². The molecule has 1 aromatic carbocycles. The van der Waals surface area contributed by atoms with Crippen molar-refractivity contribution in [1.82, 2.24) is 4.57 Å². The first kappa shape index (κ1) is 19.0. The molecule has 0 amide bonds. The molecule has 0 saturated heterocycles. The summed E-state index contributed by atoms with van der Waals surface area (Å²) < 4.78 is 2.34. The molecule has 0 atom stereocenters. The number of aromatic carboxylic acids is 1. The summed E-state index contributed by atoms with van der Waals surface area (Å²) in [5.41, 5.74) is 4.55. The van der Waals surface area contributed by atoms with Crippen molar-refractivity contribution in [2.45, 2.75) is 52.0 Å². The SMILES string of the molecule is Cc1ccc(C2CCC(C)CC2)n1Cc1cc(-c2ccccc2)sc1C(=O)O. The van der Waals surface area contributed by atoms with Gasteiger partial charge in [-0.2, -0.15) is 0 Å². The van der Waals surface area contributed by atoms with E-state index in [-0.39, 0.29) is 0 Å². The number of hydrogen-bond acceptors (Lipinski definition) is 2. The van der Waals surface area contributed by atoms with E-state index in [1.807, 2.05) is 30.3 Å². The maximum Gasteiger partial charge on any atom is 0.346 e. The molecule has 0 radical (unpaired) electrons. The van der Waals surface area contributed by atoms with Crippen molar-refractivity contribution in [2.24, 2.45) is 5.92 Å². The van der Waals surface area contributed by atoms with E-state index in [0.717, 1.165) is 21.9 Å². The zero-order chi connectivity index (χ0) is 19.7. The minimum absolute atomic E-state index is 0.454. The highest BCUT2D eigenvalue weighted by atomic mass is 32.1. The lowest BCUT2D eigenvalue weighted by Crippen LogP contribution is -2.16. The van der Waals surface area contributed by atoms with E-state index in [1.165, 1.54) is 48.4 Å². The molecule has 3 nitrogen and oxygen atoms in total. The maximum atomic E-state index is 11.9. The van der Waals surface area contributed by atoms with Gasteiger partial charge in [-0.05, 0) is 60.9 Å². The molecule has 146 valence electrons. The average molecular weight is 394 g/mol. The van der Waals surface area contributed by atoms with Crippen molar-refractivity contribution < 1.29 is 9.90 Å². The third-order valence-electron chi connectivity index (χ3n) is 6.06. The predicted octanol–water partition coefficient (Wildman–Crippen LogP) is 6.57. The summed E-state index contributed by atoms with van der Waals surface area (Å²) in [5, 5.41) is 9.77. The normalized spacial score (nSPS) is 19.6. The van der Waals surface area contributed by atoms with Crippen molar-refractivity contribution in [3.63, 3.8) is 0 Å². The summed E-state index contributed by atoms with van der Waals surface area (Å²) in [6, 6.07) is 16.5. The van der Waals surface area contributed by atoms with Gasteiger partial charge in [0.25, 0.3) is 0 Å². The van der Waals surface area contributed by atoms with Crippen LogP contribution in [-0.2, 0) is 6.54 Å². The molecule has 0 unspecified atom stereocenters. The number of carbonyl (C=O) groups is 1. The third kappa shape index (κ3) is 3.79. The van der Waals surface area contributed by atoms with E-state index < -0.39 is 5.97 Å². The largest absolute Gasteiger partial charge is 0.477 e. The van der Waals surface area contributed by atoms with Gasteiger partial charge in [0.05, 0.1) is 0 Å². The van der Waals surface area contributed by atoms with Gasteiger partial charge in [0.1, 0.15) is 4.88 Å². The minimum atomic E-state index is -0.833. The van der Waals surface area contributed by atoms with Gasteiger partial charge in [0, 0.05) is 22.8 Å². The molecular weight excluding hydrogens is 366 g/mol. The molecule has 0 aliphatic heterocycles. The van der Waals surface area contributed by atoms with Gasteiger partial charge in [0.15, 0.2) is 0 Å². The second-order valence-corrected chi connectivity index (χ2v) is 9.13. The molecule has 1 N–H and O–H groups in total. The fraction of sp³-hybridized carbons (Fsp3) is 0.375. The molecule has 1 saturated carbocycles. The molecule has 0 spiro atoms. The Hall–Kier alpha value is -2.33. The second kappa shape index (κ2) is 7.96. The first-order chi connectivity index (χ1) is 13.5. The molecule has 3 aromatic rings. The third-order valence-corrected chi connectivity index (χ3v) is 7.27. The summed E-state index contributed by atoms with van der Waals surface area (Å²) in [4.78, 5) is 13.4. The number of rotatable bonds is 5. The topological polar surface area (TPSA) is 42.2 Å². The van der Waals surface area contributed by atoms with E-state index in [2.05, 4.69) is 36.6 Å². The Bertz CT molecular complexity index is 962. The van der Waals surface area contributed by atoms with Gasteiger partial charge in [-0.3, -0.25) is 0 Å². The van der Waals surface area contributed by atoms with Crippen LogP contribution in [0.15, 0.2) is 48.5 Å². The standard InChI is InChI=1S/C24H27NO2S/c1-16-8-11-18(12-9-16)21-13-10-17(2)25(21)15-20-14-22(28-23(20)24(26)27)19-6-4-3-5-7-19/h3-7,10,13-14,16,18H,8-9,11-12,15H2,1-2H3,(H,26,27). The van der Waals surface area contributed by atoms with Crippen LogP contribution in [0.25, 0.3) is 10.4 Å². The van der Waals surface area contributed by atoms with Crippen molar-refractivity contribution >= 4 is 17.3 Å². The number of benzene rings is 1. The highest BCUT2D eigenvalue weighted by Gasteiger charge is 2.24. The van der Waals surface area contributed by atoms with E-state index >= 15 is 0 Å². The number of aromatic nitrogens is 1. The van der Waals surface area contributed by atoms with E-state index in [9.17, 15) is 9.90 Å². The van der Waals surface area contributed by atoms with Crippen LogP contribution >= 0.6 is 11.3 Å². The van der Waals surface area contributed by atoms with Crippen LogP contribution in [-0.4, -0.2) is 15.6 Å². The number of nitrogens with zero attached hydrogens (tertiary/aromatic N) is 1. The molecule has 28 heavy (non-hydrogen) atoms. The van der Waals surface area contributed by atoms with Crippen LogP contribution in [0, 0.1) is 12.8 Å². The molecule has 0 bridgehead atoms. The van der Waals surface area contributed by atoms with Crippen molar-refractivity contribution in [3.8, 4) is 10.4 Å². The number of thiophene rings is 1. The fourth-order valence-corrected chi connectivity index (χ4v) is 5.38. The van der Waals surface area contributed by atoms with Crippen LogP contribution in [0.2, 0.25) is 0 Å². The lowest BCUT2D eigenvalue weighted by atomic mass is 9.81. The lowest BCUT2D eigenvalue weighted by Gasteiger charge is -2.27. The Balaban J connectivity index is 1.67. The van der Waals surface area contributed by atoms with Crippen LogP contribution < -0.4 is 0 Å². The van der Waals surface area contributed by atoms with E-state index in [1.54, 1.807) is 0 Å². The molecule has 2 aromatic heterocycles. The fourth-order valence-electron chi connectivity index (χ4n) is 4.36. The first-order valence-electron chi connectivity index (χ1n) is 10.1. The zero-order valence-corrected chi connectivity index (χ0v) is 17.3. The smallest absolute Gasteiger partial charge is 0.346 e. The second-order valence-electron chi connectivity index (χ2n) is 8.08. The van der Waals surface area contributed by atoms with Gasteiger partial charge in [-0.15, -0.1) is 11.3 Å². The van der Waals surface area contributed by atoms with Gasteiger partial charge in [-0.25, -0.2) is 4.79 Å². The Morgan fingerprint density at radius 3 is 2.50 bits per heavy atom.